The van der Waals surface area contributed by atoms with Gasteiger partial charge >= 0.3 is 5.97 Å². The quantitative estimate of drug-likeness (QED) is 0.798. The average Bonchev–Trinajstić information content (AvgIpc) is 2.57. The highest BCUT2D eigenvalue weighted by Crippen LogP contribution is 2.23. The van der Waals surface area contributed by atoms with Crippen LogP contribution < -0.4 is 10.6 Å². The molecule has 0 aliphatic carbocycles. The number of anilines is 1. The molecule has 0 heterocycles. The summed E-state index contributed by atoms with van der Waals surface area (Å²) in [6.45, 7) is 0.720. The molecule has 0 saturated heterocycles. The first-order chi connectivity index (χ1) is 11.1. The molecule has 2 rings (SSSR count). The first kappa shape index (κ1) is 17.0. The lowest BCUT2D eigenvalue weighted by Crippen LogP contribution is -2.27. The molecular formula is C17H17ClN2O3. The van der Waals surface area contributed by atoms with Crippen LogP contribution in [0.25, 0.3) is 0 Å². The van der Waals surface area contributed by atoms with Crippen molar-refractivity contribution in [1.82, 2.24) is 5.32 Å². The van der Waals surface area contributed by atoms with Crippen LogP contribution >= 0.6 is 11.6 Å². The highest BCUT2D eigenvalue weighted by Gasteiger charge is 2.11. The van der Waals surface area contributed by atoms with Crippen molar-refractivity contribution in [2.45, 2.75) is 6.54 Å². The zero-order chi connectivity index (χ0) is 16.7. The highest BCUT2D eigenvalue weighted by atomic mass is 35.5. The Labute approximate surface area is 139 Å². The van der Waals surface area contributed by atoms with Crippen molar-refractivity contribution in [2.75, 3.05) is 19.0 Å². The third-order valence-corrected chi connectivity index (χ3v) is 3.45. The van der Waals surface area contributed by atoms with Gasteiger partial charge in [0.15, 0.2) is 0 Å². The van der Waals surface area contributed by atoms with Gasteiger partial charge in [0.25, 0.3) is 0 Å². The number of carbonyl (C=O) groups is 2. The summed E-state index contributed by atoms with van der Waals surface area (Å²) in [7, 11) is 1.29. The molecule has 2 aromatic carbocycles. The molecule has 0 spiro atoms. The Morgan fingerprint density at radius 2 is 1.87 bits per heavy atom. The number of hydrogen-bond acceptors (Lipinski definition) is 4. The fraction of sp³-hybridized carbons (Fsp3) is 0.176. The van der Waals surface area contributed by atoms with Crippen LogP contribution in [-0.2, 0) is 16.1 Å². The summed E-state index contributed by atoms with van der Waals surface area (Å²) in [6, 6.07) is 14.3. The molecule has 2 aromatic rings. The molecule has 0 aliphatic rings. The Morgan fingerprint density at radius 3 is 2.57 bits per heavy atom. The van der Waals surface area contributed by atoms with Crippen molar-refractivity contribution in [2.24, 2.45) is 0 Å². The summed E-state index contributed by atoms with van der Waals surface area (Å²) in [4.78, 5) is 23.5. The van der Waals surface area contributed by atoms with Crippen molar-refractivity contribution >= 4 is 29.2 Å². The van der Waals surface area contributed by atoms with Crippen LogP contribution in [0.3, 0.4) is 0 Å². The van der Waals surface area contributed by atoms with Gasteiger partial charge in [0.1, 0.15) is 0 Å². The van der Waals surface area contributed by atoms with E-state index in [4.69, 9.17) is 11.6 Å². The van der Waals surface area contributed by atoms with Crippen LogP contribution in [0.15, 0.2) is 48.5 Å². The molecule has 0 bridgehead atoms. The zero-order valence-electron chi connectivity index (χ0n) is 12.6. The van der Waals surface area contributed by atoms with Gasteiger partial charge in [0, 0.05) is 6.54 Å². The minimum Gasteiger partial charge on any atom is -0.465 e. The monoisotopic (exact) mass is 332 g/mol. The Balaban J connectivity index is 1.91. The van der Waals surface area contributed by atoms with E-state index in [9.17, 15) is 9.59 Å². The SMILES string of the molecule is COC(=O)c1ccc(Cl)c(NC(=O)CNCc2ccccc2)c1. The molecular weight excluding hydrogens is 316 g/mol. The lowest BCUT2D eigenvalue weighted by molar-refractivity contribution is -0.115. The molecule has 0 unspecified atom stereocenters. The van der Waals surface area contributed by atoms with E-state index in [-0.39, 0.29) is 12.5 Å². The predicted octanol–water partition coefficient (Wildman–Crippen LogP) is 2.85. The van der Waals surface area contributed by atoms with Crippen LogP contribution in [0.2, 0.25) is 5.02 Å². The van der Waals surface area contributed by atoms with Gasteiger partial charge in [0.2, 0.25) is 5.91 Å². The summed E-state index contributed by atoms with van der Waals surface area (Å²) < 4.78 is 4.64. The number of amides is 1. The van der Waals surface area contributed by atoms with Crippen molar-refractivity contribution in [3.05, 3.63) is 64.7 Å². The van der Waals surface area contributed by atoms with Gasteiger partial charge in [0.05, 0.1) is 29.9 Å². The van der Waals surface area contributed by atoms with E-state index in [1.165, 1.54) is 19.2 Å². The van der Waals surface area contributed by atoms with Crippen LogP contribution in [0.4, 0.5) is 5.69 Å². The molecule has 0 radical (unpaired) electrons. The maximum absolute atomic E-state index is 12.0. The van der Waals surface area contributed by atoms with E-state index in [1.807, 2.05) is 30.3 Å². The number of halogens is 1. The van der Waals surface area contributed by atoms with Crippen LogP contribution in [0.1, 0.15) is 15.9 Å². The second kappa shape index (κ2) is 8.31. The molecule has 0 aliphatic heterocycles. The number of ether oxygens (including phenoxy) is 1. The van der Waals surface area contributed by atoms with Crippen LogP contribution in [-0.4, -0.2) is 25.5 Å². The summed E-state index contributed by atoms with van der Waals surface area (Å²) in [5, 5.41) is 6.07. The van der Waals surface area contributed by atoms with Gasteiger partial charge in [-0.2, -0.15) is 0 Å². The maximum atomic E-state index is 12.0. The first-order valence-electron chi connectivity index (χ1n) is 7.02. The molecule has 23 heavy (non-hydrogen) atoms. The fourth-order valence-electron chi connectivity index (χ4n) is 1.98. The molecule has 0 saturated carbocycles. The standard InChI is InChI=1S/C17H17ClN2O3/c1-23-17(22)13-7-8-14(18)15(9-13)20-16(21)11-19-10-12-5-3-2-4-6-12/h2-9,19H,10-11H2,1H3,(H,20,21). The van der Waals surface area contributed by atoms with E-state index in [2.05, 4.69) is 15.4 Å². The molecule has 2 N–H and O–H groups in total. The van der Waals surface area contributed by atoms with E-state index in [0.717, 1.165) is 5.56 Å². The number of esters is 1. The largest absolute Gasteiger partial charge is 0.465 e. The van der Waals surface area contributed by atoms with E-state index in [1.54, 1.807) is 6.07 Å². The van der Waals surface area contributed by atoms with E-state index >= 15 is 0 Å². The van der Waals surface area contributed by atoms with Gasteiger partial charge in [-0.3, -0.25) is 4.79 Å². The second-order valence-corrected chi connectivity index (χ2v) is 5.23. The Morgan fingerprint density at radius 1 is 1.13 bits per heavy atom. The summed E-state index contributed by atoms with van der Waals surface area (Å²) >= 11 is 6.03. The number of methoxy groups -OCH3 is 1. The molecule has 1 amide bonds. The fourth-order valence-corrected chi connectivity index (χ4v) is 2.14. The third-order valence-electron chi connectivity index (χ3n) is 3.12. The number of carbonyl (C=O) groups excluding carboxylic acids is 2. The Hall–Kier alpha value is -2.37. The van der Waals surface area contributed by atoms with Gasteiger partial charge in [-0.25, -0.2) is 4.79 Å². The van der Waals surface area contributed by atoms with E-state index < -0.39 is 5.97 Å². The average molecular weight is 333 g/mol. The summed E-state index contributed by atoms with van der Waals surface area (Å²) in [6.07, 6.45) is 0. The molecule has 0 aromatic heterocycles. The van der Waals surface area contributed by atoms with Gasteiger partial charge in [-0.1, -0.05) is 41.9 Å². The van der Waals surface area contributed by atoms with Gasteiger partial charge in [-0.15, -0.1) is 0 Å². The van der Waals surface area contributed by atoms with Crippen molar-refractivity contribution < 1.29 is 14.3 Å². The Bertz CT molecular complexity index is 689. The predicted molar refractivity (Wildman–Crippen MR) is 89.6 cm³/mol. The number of nitrogens with one attached hydrogen (secondary N) is 2. The lowest BCUT2D eigenvalue weighted by atomic mass is 10.2. The normalized spacial score (nSPS) is 10.2. The Kier molecular flexibility index (Phi) is 6.14. The van der Waals surface area contributed by atoms with Gasteiger partial charge in [-0.05, 0) is 23.8 Å². The summed E-state index contributed by atoms with van der Waals surface area (Å²) in [5.41, 5.74) is 1.79. The topological polar surface area (TPSA) is 67.4 Å². The highest BCUT2D eigenvalue weighted by molar-refractivity contribution is 6.33. The van der Waals surface area contributed by atoms with Crippen LogP contribution in [0.5, 0.6) is 0 Å². The van der Waals surface area contributed by atoms with Gasteiger partial charge < -0.3 is 15.4 Å². The zero-order valence-corrected chi connectivity index (χ0v) is 13.4. The molecule has 0 fully saturated rings. The minimum atomic E-state index is -0.487. The minimum absolute atomic E-state index is 0.133. The first-order valence-corrected chi connectivity index (χ1v) is 7.40. The number of hydrogen-bond donors (Lipinski definition) is 2. The smallest absolute Gasteiger partial charge is 0.337 e. The molecule has 0 atom stereocenters. The third kappa shape index (κ3) is 5.09. The molecule has 6 heteroatoms. The number of rotatable bonds is 6. The van der Waals surface area contributed by atoms with Crippen LogP contribution in [0, 0.1) is 0 Å². The number of benzene rings is 2. The van der Waals surface area contributed by atoms with Crippen molar-refractivity contribution in [3.63, 3.8) is 0 Å². The summed E-state index contributed by atoms with van der Waals surface area (Å²) in [5.74, 6) is -0.732. The van der Waals surface area contributed by atoms with Crippen molar-refractivity contribution in [1.29, 1.82) is 0 Å². The lowest BCUT2D eigenvalue weighted by Gasteiger charge is -2.10. The second-order valence-electron chi connectivity index (χ2n) is 4.82. The maximum Gasteiger partial charge on any atom is 0.337 e. The molecule has 120 valence electrons. The van der Waals surface area contributed by atoms with E-state index in [0.29, 0.717) is 22.8 Å². The molecule has 5 nitrogen and oxygen atoms in total. The van der Waals surface area contributed by atoms with Crippen molar-refractivity contribution in [3.8, 4) is 0 Å².